The van der Waals surface area contributed by atoms with Crippen LogP contribution >= 0.6 is 11.6 Å². The van der Waals surface area contributed by atoms with E-state index in [4.69, 9.17) is 21.1 Å². The van der Waals surface area contributed by atoms with Crippen molar-refractivity contribution in [3.05, 3.63) is 137 Å². The van der Waals surface area contributed by atoms with E-state index in [0.717, 1.165) is 16.7 Å². The second-order valence-electron chi connectivity index (χ2n) is 7.96. The van der Waals surface area contributed by atoms with E-state index < -0.39 is 23.4 Å². The number of hydrogen-bond donors (Lipinski definition) is 1. The number of halogens is 2. The Hall–Kier alpha value is -3.67. The van der Waals surface area contributed by atoms with Gasteiger partial charge < -0.3 is 9.47 Å². The predicted octanol–water partition coefficient (Wildman–Crippen LogP) is 5.98. The Kier molecular flexibility index (Phi) is 7.80. The lowest BCUT2D eigenvalue weighted by molar-refractivity contribution is -0.144. The van der Waals surface area contributed by atoms with E-state index in [2.05, 4.69) is 5.32 Å². The third-order valence-corrected chi connectivity index (χ3v) is 6.11. The Morgan fingerprint density at radius 1 is 0.857 bits per heavy atom. The van der Waals surface area contributed by atoms with Crippen molar-refractivity contribution in [2.45, 2.75) is 11.6 Å². The highest BCUT2D eigenvalue weighted by Gasteiger charge is 2.40. The number of methoxy groups -OCH3 is 1. The normalized spacial score (nSPS) is 12.1. The summed E-state index contributed by atoms with van der Waals surface area (Å²) in [6, 6.07) is 32.9. The highest BCUT2D eigenvalue weighted by atomic mass is 35.5. The van der Waals surface area contributed by atoms with Crippen molar-refractivity contribution in [1.82, 2.24) is 5.32 Å². The number of nitrogens with one attached hydrogen (secondary N) is 1. The summed E-state index contributed by atoms with van der Waals surface area (Å²) in [6.45, 7) is -0.0952. The first-order valence-electron chi connectivity index (χ1n) is 11.1. The molecule has 4 nitrogen and oxygen atoms in total. The molecule has 0 radical (unpaired) electrons. The van der Waals surface area contributed by atoms with Crippen LogP contribution in [0.25, 0.3) is 0 Å². The Morgan fingerprint density at radius 3 is 1.77 bits per heavy atom. The zero-order valence-electron chi connectivity index (χ0n) is 19.2. The van der Waals surface area contributed by atoms with Crippen molar-refractivity contribution in [2.24, 2.45) is 0 Å². The number of benzene rings is 4. The van der Waals surface area contributed by atoms with Crippen LogP contribution in [0.1, 0.15) is 16.7 Å². The number of carbonyl (C=O) groups is 1. The van der Waals surface area contributed by atoms with Gasteiger partial charge in [-0.3, -0.25) is 10.1 Å². The maximum atomic E-state index is 13.9. The molecule has 0 aliphatic heterocycles. The molecule has 0 heterocycles. The molecule has 0 fully saturated rings. The molecular formula is C29H25ClFNO3. The van der Waals surface area contributed by atoms with E-state index in [1.807, 2.05) is 91.0 Å². The Bertz CT molecular complexity index is 1160. The predicted molar refractivity (Wildman–Crippen MR) is 135 cm³/mol. The molecule has 0 unspecified atom stereocenters. The van der Waals surface area contributed by atoms with E-state index >= 15 is 0 Å². The summed E-state index contributed by atoms with van der Waals surface area (Å²) in [4.78, 5) is 13.0. The van der Waals surface area contributed by atoms with Crippen molar-refractivity contribution in [2.75, 3.05) is 13.7 Å². The number of hydrogen-bond acceptors (Lipinski definition) is 4. The maximum Gasteiger partial charge on any atom is 0.326 e. The third-order valence-electron chi connectivity index (χ3n) is 5.80. The van der Waals surface area contributed by atoms with E-state index in [9.17, 15) is 9.18 Å². The molecule has 35 heavy (non-hydrogen) atoms. The Labute approximate surface area is 209 Å². The molecule has 6 heteroatoms. The summed E-state index contributed by atoms with van der Waals surface area (Å²) in [6.07, 6.45) is 0. The molecule has 1 N–H and O–H groups in total. The average Bonchev–Trinajstić information content (AvgIpc) is 2.92. The number of esters is 1. The Morgan fingerprint density at radius 2 is 1.34 bits per heavy atom. The van der Waals surface area contributed by atoms with Crippen LogP contribution < -0.4 is 10.1 Å². The van der Waals surface area contributed by atoms with Gasteiger partial charge in [-0.05, 0) is 28.8 Å². The van der Waals surface area contributed by atoms with E-state index in [0.29, 0.717) is 0 Å². The quantitative estimate of drug-likeness (QED) is 0.232. The molecule has 1 atom stereocenters. The summed E-state index contributed by atoms with van der Waals surface area (Å²) < 4.78 is 24.9. The molecule has 4 aromatic rings. The van der Waals surface area contributed by atoms with Gasteiger partial charge in [0.05, 0.1) is 17.7 Å². The van der Waals surface area contributed by atoms with Gasteiger partial charge in [0.2, 0.25) is 0 Å². The molecule has 0 aliphatic carbocycles. The fourth-order valence-electron chi connectivity index (χ4n) is 4.13. The van der Waals surface area contributed by atoms with Crippen LogP contribution in [0.3, 0.4) is 0 Å². The zero-order valence-corrected chi connectivity index (χ0v) is 19.9. The lowest BCUT2D eigenvalue weighted by Gasteiger charge is -2.39. The molecule has 0 spiro atoms. The molecule has 178 valence electrons. The van der Waals surface area contributed by atoms with E-state index in [-0.39, 0.29) is 17.4 Å². The second-order valence-corrected chi connectivity index (χ2v) is 8.36. The van der Waals surface area contributed by atoms with Crippen LogP contribution in [0.2, 0.25) is 5.02 Å². The van der Waals surface area contributed by atoms with Gasteiger partial charge in [0.25, 0.3) is 0 Å². The summed E-state index contributed by atoms with van der Waals surface area (Å²) in [5.41, 5.74) is 1.90. The van der Waals surface area contributed by atoms with E-state index in [1.54, 1.807) is 6.07 Å². The molecule has 4 aromatic carbocycles. The highest BCUT2D eigenvalue weighted by Crippen LogP contribution is 2.37. The molecule has 0 bridgehead atoms. The van der Waals surface area contributed by atoms with Crippen LogP contribution in [0, 0.1) is 5.82 Å². The molecule has 0 saturated heterocycles. The zero-order chi connectivity index (χ0) is 24.7. The average molecular weight is 490 g/mol. The lowest BCUT2D eigenvalue weighted by Crippen LogP contribution is -2.55. The van der Waals surface area contributed by atoms with Crippen molar-refractivity contribution in [3.63, 3.8) is 0 Å². The third kappa shape index (κ3) is 5.37. The van der Waals surface area contributed by atoms with Crippen molar-refractivity contribution in [3.8, 4) is 5.75 Å². The number of rotatable bonds is 9. The fraction of sp³-hybridized carbons (Fsp3) is 0.138. The van der Waals surface area contributed by atoms with Crippen LogP contribution in [0.15, 0.2) is 109 Å². The summed E-state index contributed by atoms with van der Waals surface area (Å²) in [7, 11) is 1.33. The minimum atomic E-state index is -0.906. The van der Waals surface area contributed by atoms with Gasteiger partial charge in [-0.15, -0.1) is 0 Å². The largest absolute Gasteiger partial charge is 0.491 e. The van der Waals surface area contributed by atoms with Crippen molar-refractivity contribution in [1.29, 1.82) is 0 Å². The SMILES string of the molecule is COC(=O)[C@@H](COc1ccc(Cl)c(F)c1)NC(c1ccccc1)(c1ccccc1)c1ccccc1. The minimum Gasteiger partial charge on any atom is -0.491 e. The smallest absolute Gasteiger partial charge is 0.326 e. The van der Waals surface area contributed by atoms with Crippen molar-refractivity contribution >= 4 is 17.6 Å². The van der Waals surface area contributed by atoms with Gasteiger partial charge in [-0.1, -0.05) is 103 Å². The van der Waals surface area contributed by atoms with Gasteiger partial charge in [-0.2, -0.15) is 0 Å². The van der Waals surface area contributed by atoms with Crippen molar-refractivity contribution < 1.29 is 18.7 Å². The van der Waals surface area contributed by atoms with Gasteiger partial charge in [0.15, 0.2) is 0 Å². The van der Waals surface area contributed by atoms with Gasteiger partial charge >= 0.3 is 5.97 Å². The topological polar surface area (TPSA) is 47.6 Å². The van der Waals surface area contributed by atoms with Crippen LogP contribution in [-0.4, -0.2) is 25.7 Å². The molecule has 0 amide bonds. The number of carbonyl (C=O) groups excluding carboxylic acids is 1. The number of ether oxygens (including phenoxy) is 2. The fourth-order valence-corrected chi connectivity index (χ4v) is 4.25. The first-order valence-corrected chi connectivity index (χ1v) is 11.5. The maximum absolute atomic E-state index is 13.9. The molecule has 0 aliphatic rings. The van der Waals surface area contributed by atoms with Crippen LogP contribution in [0.4, 0.5) is 4.39 Å². The molecular weight excluding hydrogens is 465 g/mol. The second kappa shape index (κ2) is 11.2. The summed E-state index contributed by atoms with van der Waals surface area (Å²) in [5, 5.41) is 3.54. The monoisotopic (exact) mass is 489 g/mol. The van der Waals surface area contributed by atoms with Gasteiger partial charge in [0.1, 0.15) is 24.2 Å². The summed E-state index contributed by atoms with van der Waals surface area (Å²) >= 11 is 5.79. The standard InChI is InChI=1S/C29H25ClFNO3/c1-34-28(33)27(20-35-24-17-18-25(30)26(31)19-24)32-29(21-11-5-2-6-12-21,22-13-7-3-8-14-22)23-15-9-4-10-16-23/h2-19,27,32H,20H2,1H3/t27-/m1/s1. The lowest BCUT2D eigenvalue weighted by atomic mass is 9.76. The van der Waals surface area contributed by atoms with Crippen LogP contribution in [0.5, 0.6) is 5.75 Å². The highest BCUT2D eigenvalue weighted by molar-refractivity contribution is 6.30. The minimum absolute atomic E-state index is 0.00348. The van der Waals surface area contributed by atoms with E-state index in [1.165, 1.54) is 19.2 Å². The molecule has 0 aromatic heterocycles. The van der Waals surface area contributed by atoms with Crippen LogP contribution in [-0.2, 0) is 15.1 Å². The summed E-state index contributed by atoms with van der Waals surface area (Å²) in [5.74, 6) is -0.849. The molecule has 0 saturated carbocycles. The first-order chi connectivity index (χ1) is 17.0. The Balaban J connectivity index is 1.80. The first kappa shape index (κ1) is 24.5. The van der Waals surface area contributed by atoms with Gasteiger partial charge in [0, 0.05) is 6.07 Å². The van der Waals surface area contributed by atoms with Gasteiger partial charge in [-0.25, -0.2) is 4.39 Å². The molecule has 4 rings (SSSR count).